The minimum absolute atomic E-state index is 0.00316. The second-order valence-corrected chi connectivity index (χ2v) is 17.8. The van der Waals surface area contributed by atoms with Gasteiger partial charge in [0.2, 0.25) is 11.8 Å². The zero-order valence-corrected chi connectivity index (χ0v) is 38.4. The molecule has 0 saturated heterocycles. The number of hydrogen-bond acceptors (Lipinski definition) is 6. The summed E-state index contributed by atoms with van der Waals surface area (Å²) < 4.78 is 3.58. The van der Waals surface area contributed by atoms with Crippen molar-refractivity contribution in [2.75, 3.05) is 23.9 Å². The number of nitrogens with zero attached hydrogens (tertiary/aromatic N) is 6. The lowest BCUT2D eigenvalue weighted by molar-refractivity contribution is -0.127. The van der Waals surface area contributed by atoms with Gasteiger partial charge in [-0.2, -0.15) is 10.2 Å². The quantitative estimate of drug-likeness (QED) is 0.174. The van der Waals surface area contributed by atoms with Gasteiger partial charge in [-0.1, -0.05) is 83.9 Å². The van der Waals surface area contributed by atoms with Crippen molar-refractivity contribution < 1.29 is 19.2 Å². The Bertz CT molecular complexity index is 2650. The lowest BCUT2D eigenvalue weighted by Gasteiger charge is -2.24. The fourth-order valence-corrected chi connectivity index (χ4v) is 8.82. The molecule has 0 aliphatic carbocycles. The molecule has 0 radical (unpaired) electrons. The van der Waals surface area contributed by atoms with Crippen molar-refractivity contribution in [3.05, 3.63) is 170 Å². The fourth-order valence-electron chi connectivity index (χ4n) is 8.57. The van der Waals surface area contributed by atoms with E-state index in [4.69, 9.17) is 23.2 Å². The van der Waals surface area contributed by atoms with E-state index in [9.17, 15) is 19.2 Å². The molecule has 8 rings (SSSR count). The molecule has 4 aromatic carbocycles. The zero-order chi connectivity index (χ0) is 45.3. The molecule has 4 bridgehead atoms. The molecule has 0 N–H and O–H groups in total. The molecule has 0 saturated carbocycles. The molecule has 0 spiro atoms. The van der Waals surface area contributed by atoms with E-state index >= 15 is 0 Å². The standard InChI is InChI=1S/C26H28ClN3O2.C26H26ClN3O2/c2*1-18-13-24-8-4-6-19-5-3-7-20(14-19)15-21(16-25(31)17-30(24)28-18)26(32)29(2)23-11-9-22(27)10-12-23/h3,5,7,9-14,21H,4,6,8,15-17H2,1-2H3;3-7,9-14,21H,8,15-17H2,1-2H3/t2*21-/m11/s1. The van der Waals surface area contributed by atoms with E-state index in [1.807, 2.05) is 79.2 Å². The molecule has 2 amide bonds. The van der Waals surface area contributed by atoms with Crippen LogP contribution in [-0.2, 0) is 64.4 Å². The van der Waals surface area contributed by atoms with Crippen LogP contribution in [0, 0.1) is 25.7 Å². The Hall–Kier alpha value is -6.10. The van der Waals surface area contributed by atoms with Gasteiger partial charge in [-0.15, -0.1) is 0 Å². The van der Waals surface area contributed by atoms with Crippen molar-refractivity contribution in [3.63, 3.8) is 0 Å². The summed E-state index contributed by atoms with van der Waals surface area (Å²) in [6.45, 7) is 4.25. The second kappa shape index (κ2) is 21.1. The maximum Gasteiger partial charge on any atom is 0.230 e. The van der Waals surface area contributed by atoms with E-state index in [1.54, 1.807) is 52.8 Å². The molecule has 4 heterocycles. The fraction of sp³-hybridized carbons (Fsp3) is 0.308. The predicted octanol–water partition coefficient (Wildman–Crippen LogP) is 9.71. The number of aryl methyl sites for hydroxylation is 4. The first kappa shape index (κ1) is 45.9. The van der Waals surface area contributed by atoms with Crippen LogP contribution >= 0.6 is 23.2 Å². The van der Waals surface area contributed by atoms with E-state index in [0.29, 0.717) is 29.3 Å². The highest BCUT2D eigenvalue weighted by Gasteiger charge is 2.29. The van der Waals surface area contributed by atoms with Gasteiger partial charge in [-0.3, -0.25) is 28.5 Å². The van der Waals surface area contributed by atoms with Gasteiger partial charge in [0.1, 0.15) is 0 Å². The molecule has 2 aliphatic heterocycles. The highest BCUT2D eigenvalue weighted by atomic mass is 35.5. The van der Waals surface area contributed by atoms with Crippen molar-refractivity contribution >= 4 is 64.0 Å². The smallest absolute Gasteiger partial charge is 0.230 e. The molecule has 6 aromatic rings. The van der Waals surface area contributed by atoms with Crippen molar-refractivity contribution in [3.8, 4) is 0 Å². The first-order valence-corrected chi connectivity index (χ1v) is 22.5. The Kier molecular flexibility index (Phi) is 15.1. The maximum absolute atomic E-state index is 13.5. The predicted molar refractivity (Wildman–Crippen MR) is 255 cm³/mol. The van der Waals surface area contributed by atoms with Crippen molar-refractivity contribution in [2.45, 2.75) is 78.3 Å². The summed E-state index contributed by atoms with van der Waals surface area (Å²) in [5, 5.41) is 10.3. The third-order valence-corrected chi connectivity index (χ3v) is 12.3. The van der Waals surface area contributed by atoms with Crippen LogP contribution in [0.25, 0.3) is 6.08 Å². The zero-order valence-electron chi connectivity index (χ0n) is 36.8. The Morgan fingerprint density at radius 2 is 1.08 bits per heavy atom. The third kappa shape index (κ3) is 12.1. The number of Topliss-reactive ketones (excluding diaryl/α,β-unsaturated/α-hetero) is 2. The molecule has 2 aliphatic rings. The van der Waals surface area contributed by atoms with Crippen LogP contribution in [-0.4, -0.2) is 57.0 Å². The van der Waals surface area contributed by atoms with E-state index in [0.717, 1.165) is 70.1 Å². The number of carbonyl (C=O) groups excluding carboxylic acids is 4. The van der Waals surface area contributed by atoms with Crippen molar-refractivity contribution in [1.29, 1.82) is 0 Å². The minimum Gasteiger partial charge on any atom is -0.315 e. The van der Waals surface area contributed by atoms with Gasteiger partial charge in [0.15, 0.2) is 11.6 Å². The molecule has 330 valence electrons. The average Bonchev–Trinajstić information content (AvgIpc) is 3.81. The number of anilines is 2. The normalized spacial score (nSPS) is 16.7. The van der Waals surface area contributed by atoms with Crippen molar-refractivity contribution in [1.82, 2.24) is 19.6 Å². The van der Waals surface area contributed by atoms with Crippen LogP contribution in [0.4, 0.5) is 11.4 Å². The van der Waals surface area contributed by atoms with E-state index in [1.165, 1.54) is 5.56 Å². The van der Waals surface area contributed by atoms with Gasteiger partial charge in [0.25, 0.3) is 0 Å². The SMILES string of the molecule is Cc1cc2n(n1)CC(=O)C[C@H](C(=O)N(C)c1ccc(Cl)cc1)Cc1cccc(c1)C=CC2.Cc1cc2n(n1)CC(=O)C[C@H](C(=O)N(C)c1ccc(Cl)cc1)Cc1cccc(c1)CCC2. The summed E-state index contributed by atoms with van der Waals surface area (Å²) >= 11 is 12.0. The number of amides is 2. The maximum atomic E-state index is 13.5. The Morgan fingerprint density at radius 3 is 1.64 bits per heavy atom. The van der Waals surface area contributed by atoms with Crippen LogP contribution in [0.3, 0.4) is 0 Å². The van der Waals surface area contributed by atoms with Crippen LogP contribution < -0.4 is 9.80 Å². The Morgan fingerprint density at radius 1 is 0.594 bits per heavy atom. The number of ketones is 2. The molecule has 0 fully saturated rings. The third-order valence-electron chi connectivity index (χ3n) is 11.8. The summed E-state index contributed by atoms with van der Waals surface area (Å²) in [7, 11) is 3.49. The van der Waals surface area contributed by atoms with Gasteiger partial charge in [-0.25, -0.2) is 0 Å². The van der Waals surface area contributed by atoms with E-state index in [2.05, 4.69) is 46.6 Å². The highest BCUT2D eigenvalue weighted by molar-refractivity contribution is 6.31. The number of rotatable bonds is 4. The number of aromatic nitrogens is 4. The summed E-state index contributed by atoms with van der Waals surface area (Å²) in [5.74, 6) is -1.06. The summed E-state index contributed by atoms with van der Waals surface area (Å²) in [4.78, 5) is 56.3. The van der Waals surface area contributed by atoms with Gasteiger partial charge in [0.05, 0.1) is 24.5 Å². The summed E-state index contributed by atoms with van der Waals surface area (Å²) in [5.41, 5.74) is 9.83. The van der Waals surface area contributed by atoms with Crippen molar-refractivity contribution in [2.24, 2.45) is 11.8 Å². The summed E-state index contributed by atoms with van der Waals surface area (Å²) in [6, 6.07) is 34.9. The van der Waals surface area contributed by atoms with Gasteiger partial charge in [0, 0.05) is 78.0 Å². The van der Waals surface area contributed by atoms with Crippen LogP contribution in [0.1, 0.15) is 64.3 Å². The Balaban J connectivity index is 0.000000191. The van der Waals surface area contributed by atoms with Crippen LogP contribution in [0.2, 0.25) is 10.0 Å². The molecule has 10 nitrogen and oxygen atoms in total. The minimum atomic E-state index is -0.469. The number of halogens is 2. The molecular formula is C52H54Cl2N6O4. The average molecular weight is 898 g/mol. The lowest BCUT2D eigenvalue weighted by atomic mass is 9.91. The van der Waals surface area contributed by atoms with Gasteiger partial charge >= 0.3 is 0 Å². The van der Waals surface area contributed by atoms with E-state index < -0.39 is 11.8 Å². The van der Waals surface area contributed by atoms with Gasteiger partial charge in [-0.05, 0) is 129 Å². The Labute approximate surface area is 385 Å². The number of hydrogen-bond donors (Lipinski definition) is 0. The lowest BCUT2D eigenvalue weighted by Crippen LogP contribution is -2.35. The molecule has 2 aromatic heterocycles. The monoisotopic (exact) mass is 896 g/mol. The van der Waals surface area contributed by atoms with Gasteiger partial charge < -0.3 is 9.80 Å². The first-order chi connectivity index (χ1) is 30.8. The highest BCUT2D eigenvalue weighted by Crippen LogP contribution is 2.26. The second-order valence-electron chi connectivity index (χ2n) is 16.9. The van der Waals surface area contributed by atoms with E-state index in [-0.39, 0.29) is 49.3 Å². The molecule has 2 atom stereocenters. The first-order valence-electron chi connectivity index (χ1n) is 21.8. The molecule has 0 unspecified atom stereocenters. The molecule has 64 heavy (non-hydrogen) atoms. The summed E-state index contributed by atoms with van der Waals surface area (Å²) in [6.07, 6.45) is 9.04. The molecular weight excluding hydrogens is 844 g/mol. The number of benzene rings is 4. The largest absolute Gasteiger partial charge is 0.315 e. The van der Waals surface area contributed by atoms with Crippen LogP contribution in [0.5, 0.6) is 0 Å². The molecule has 12 heteroatoms. The number of allylic oxidation sites excluding steroid dienone is 1. The van der Waals surface area contributed by atoms with Crippen LogP contribution in [0.15, 0.2) is 115 Å². The number of fused-ring (bicyclic) bond motifs is 6. The topological polar surface area (TPSA) is 110 Å². The number of carbonyl (C=O) groups is 4.